The first-order chi connectivity index (χ1) is 14.7. The first-order valence-electron chi connectivity index (χ1n) is 10.5. The van der Waals surface area contributed by atoms with E-state index in [4.69, 9.17) is 0 Å². The van der Waals surface area contributed by atoms with Gasteiger partial charge in [0.15, 0.2) is 9.84 Å². The maximum absolute atomic E-state index is 12.4. The Balaban J connectivity index is 1.34. The molecular formula is C21H28BrN5O3S. The standard InChI is InChI=1S/C21H28BrN5O3S/c1-15-21(16(2)27(24-15)19-7-12-31(29,30)14-19)26-10-8-25(9-11-26)13-20(28)23-18-5-3-17(22)4-6-18/h3-6,19H,7-14H2,1-2H3,(H,23,28). The van der Waals surface area contributed by atoms with E-state index in [1.165, 1.54) is 0 Å². The molecule has 1 N–H and O–H groups in total. The average Bonchev–Trinajstić information content (AvgIpc) is 3.22. The lowest BCUT2D eigenvalue weighted by molar-refractivity contribution is -0.117. The summed E-state index contributed by atoms with van der Waals surface area (Å²) < 4.78 is 26.7. The van der Waals surface area contributed by atoms with E-state index in [2.05, 4.69) is 36.1 Å². The van der Waals surface area contributed by atoms with Crippen LogP contribution in [0.25, 0.3) is 0 Å². The summed E-state index contributed by atoms with van der Waals surface area (Å²) in [5.41, 5.74) is 3.85. The Morgan fingerprint density at radius 2 is 1.84 bits per heavy atom. The zero-order valence-electron chi connectivity index (χ0n) is 17.8. The molecule has 8 nitrogen and oxygen atoms in total. The van der Waals surface area contributed by atoms with Crippen molar-refractivity contribution in [1.82, 2.24) is 14.7 Å². The molecule has 10 heteroatoms. The van der Waals surface area contributed by atoms with Crippen LogP contribution in [-0.4, -0.2) is 73.2 Å². The molecule has 1 amide bonds. The molecule has 0 spiro atoms. The summed E-state index contributed by atoms with van der Waals surface area (Å²) in [5, 5.41) is 7.62. The number of amides is 1. The Kier molecular flexibility index (Phi) is 6.41. The maximum atomic E-state index is 12.4. The van der Waals surface area contributed by atoms with Gasteiger partial charge in [-0.15, -0.1) is 0 Å². The minimum absolute atomic E-state index is 0.0154. The first kappa shape index (κ1) is 22.3. The van der Waals surface area contributed by atoms with Crippen molar-refractivity contribution in [3.05, 3.63) is 40.1 Å². The van der Waals surface area contributed by atoms with Crippen LogP contribution in [0.2, 0.25) is 0 Å². The molecule has 3 heterocycles. The zero-order chi connectivity index (χ0) is 22.2. The fourth-order valence-electron chi connectivity index (χ4n) is 4.50. The second kappa shape index (κ2) is 8.91. The molecule has 2 aliphatic heterocycles. The summed E-state index contributed by atoms with van der Waals surface area (Å²) in [4.78, 5) is 16.9. The van der Waals surface area contributed by atoms with Crippen LogP contribution in [-0.2, 0) is 14.6 Å². The van der Waals surface area contributed by atoms with Crippen LogP contribution < -0.4 is 10.2 Å². The molecule has 0 saturated carbocycles. The Hall–Kier alpha value is -1.91. The van der Waals surface area contributed by atoms with Crippen LogP contribution in [0, 0.1) is 13.8 Å². The molecule has 168 valence electrons. The molecule has 2 aromatic rings. The number of anilines is 2. The Morgan fingerprint density at radius 3 is 2.45 bits per heavy atom. The molecule has 2 saturated heterocycles. The topological polar surface area (TPSA) is 87.5 Å². The lowest BCUT2D eigenvalue weighted by Gasteiger charge is -2.36. The quantitative estimate of drug-likeness (QED) is 0.665. The number of halogens is 1. The number of rotatable bonds is 5. The van der Waals surface area contributed by atoms with Gasteiger partial charge in [-0.2, -0.15) is 5.10 Å². The highest BCUT2D eigenvalue weighted by Gasteiger charge is 2.32. The Morgan fingerprint density at radius 1 is 1.16 bits per heavy atom. The van der Waals surface area contributed by atoms with E-state index >= 15 is 0 Å². The molecule has 1 aromatic carbocycles. The van der Waals surface area contributed by atoms with Gasteiger partial charge >= 0.3 is 0 Å². The Bertz CT molecular complexity index is 1060. The van der Waals surface area contributed by atoms with Crippen molar-refractivity contribution in [3.8, 4) is 0 Å². The van der Waals surface area contributed by atoms with Crippen LogP contribution in [0.5, 0.6) is 0 Å². The summed E-state index contributed by atoms with van der Waals surface area (Å²) in [6.45, 7) is 7.56. The normalized spacial score (nSPS) is 21.4. The number of hydrogen-bond acceptors (Lipinski definition) is 6. The third kappa shape index (κ3) is 5.12. The molecule has 1 atom stereocenters. The van der Waals surface area contributed by atoms with Gasteiger partial charge in [0, 0.05) is 36.3 Å². The van der Waals surface area contributed by atoms with Crippen molar-refractivity contribution in [1.29, 1.82) is 0 Å². The highest BCUT2D eigenvalue weighted by molar-refractivity contribution is 9.10. The van der Waals surface area contributed by atoms with Gasteiger partial charge in [-0.3, -0.25) is 14.4 Å². The van der Waals surface area contributed by atoms with Gasteiger partial charge in [0.25, 0.3) is 0 Å². The molecule has 2 aliphatic rings. The lowest BCUT2D eigenvalue weighted by Crippen LogP contribution is -2.49. The van der Waals surface area contributed by atoms with Crippen molar-refractivity contribution in [3.63, 3.8) is 0 Å². The van der Waals surface area contributed by atoms with Crippen LogP contribution >= 0.6 is 15.9 Å². The van der Waals surface area contributed by atoms with Crippen molar-refractivity contribution in [2.75, 3.05) is 54.4 Å². The second-order valence-electron chi connectivity index (χ2n) is 8.34. The third-order valence-electron chi connectivity index (χ3n) is 6.02. The van der Waals surface area contributed by atoms with E-state index in [1.807, 2.05) is 42.8 Å². The van der Waals surface area contributed by atoms with Crippen LogP contribution in [0.3, 0.4) is 0 Å². The number of carbonyl (C=O) groups is 1. The summed E-state index contributed by atoms with van der Waals surface area (Å²) in [5.74, 6) is 0.403. The number of aryl methyl sites for hydroxylation is 1. The molecule has 4 rings (SSSR count). The Labute approximate surface area is 191 Å². The predicted octanol–water partition coefficient (Wildman–Crippen LogP) is 2.38. The SMILES string of the molecule is Cc1nn(C2CCS(=O)(=O)C2)c(C)c1N1CCN(CC(=O)Nc2ccc(Br)cc2)CC1. The summed E-state index contributed by atoms with van der Waals surface area (Å²) in [7, 11) is -2.95. The largest absolute Gasteiger partial charge is 0.366 e. The molecule has 1 unspecified atom stereocenters. The highest BCUT2D eigenvalue weighted by Crippen LogP contribution is 2.31. The van der Waals surface area contributed by atoms with E-state index < -0.39 is 9.84 Å². The molecule has 0 bridgehead atoms. The van der Waals surface area contributed by atoms with Gasteiger partial charge < -0.3 is 10.2 Å². The monoisotopic (exact) mass is 509 g/mol. The number of hydrogen-bond donors (Lipinski definition) is 1. The minimum Gasteiger partial charge on any atom is -0.366 e. The number of piperazine rings is 1. The smallest absolute Gasteiger partial charge is 0.238 e. The number of carbonyl (C=O) groups excluding carboxylic acids is 1. The number of nitrogens with zero attached hydrogens (tertiary/aromatic N) is 4. The molecule has 0 aliphatic carbocycles. The summed E-state index contributed by atoms with van der Waals surface area (Å²) >= 11 is 3.39. The predicted molar refractivity (Wildman–Crippen MR) is 125 cm³/mol. The molecule has 2 fully saturated rings. The molecule has 31 heavy (non-hydrogen) atoms. The summed E-state index contributed by atoms with van der Waals surface area (Å²) in [6.07, 6.45) is 0.630. The highest BCUT2D eigenvalue weighted by atomic mass is 79.9. The van der Waals surface area contributed by atoms with Gasteiger partial charge in [-0.1, -0.05) is 15.9 Å². The van der Waals surface area contributed by atoms with Crippen LogP contribution in [0.4, 0.5) is 11.4 Å². The number of sulfone groups is 1. The van der Waals surface area contributed by atoms with Crippen molar-refractivity contribution < 1.29 is 13.2 Å². The van der Waals surface area contributed by atoms with Crippen molar-refractivity contribution >= 4 is 43.0 Å². The lowest BCUT2D eigenvalue weighted by atomic mass is 10.2. The van der Waals surface area contributed by atoms with Crippen molar-refractivity contribution in [2.45, 2.75) is 26.3 Å². The second-order valence-corrected chi connectivity index (χ2v) is 11.5. The van der Waals surface area contributed by atoms with Gasteiger partial charge in [-0.05, 0) is 44.5 Å². The minimum atomic E-state index is -2.95. The van der Waals surface area contributed by atoms with E-state index in [0.29, 0.717) is 13.0 Å². The van der Waals surface area contributed by atoms with Gasteiger partial charge in [-0.25, -0.2) is 8.42 Å². The van der Waals surface area contributed by atoms with Gasteiger partial charge in [0.1, 0.15) is 0 Å². The third-order valence-corrected chi connectivity index (χ3v) is 8.30. The molecule has 0 radical (unpaired) electrons. The fourth-order valence-corrected chi connectivity index (χ4v) is 6.46. The fraction of sp³-hybridized carbons (Fsp3) is 0.524. The summed E-state index contributed by atoms with van der Waals surface area (Å²) in [6, 6.07) is 7.48. The first-order valence-corrected chi connectivity index (χ1v) is 13.1. The number of benzene rings is 1. The van der Waals surface area contributed by atoms with Crippen molar-refractivity contribution in [2.24, 2.45) is 0 Å². The van der Waals surface area contributed by atoms with Gasteiger partial charge in [0.2, 0.25) is 5.91 Å². The number of aromatic nitrogens is 2. The van der Waals surface area contributed by atoms with Gasteiger partial charge in [0.05, 0.1) is 41.2 Å². The zero-order valence-corrected chi connectivity index (χ0v) is 20.2. The van der Waals surface area contributed by atoms with E-state index in [9.17, 15) is 13.2 Å². The molecular weight excluding hydrogens is 482 g/mol. The van der Waals surface area contributed by atoms with E-state index in [0.717, 1.165) is 53.4 Å². The van der Waals surface area contributed by atoms with Crippen LogP contribution in [0.15, 0.2) is 28.7 Å². The molecule has 1 aromatic heterocycles. The van der Waals surface area contributed by atoms with Crippen LogP contribution in [0.1, 0.15) is 23.9 Å². The van der Waals surface area contributed by atoms with E-state index in [1.54, 1.807) is 0 Å². The number of nitrogens with one attached hydrogen (secondary N) is 1. The maximum Gasteiger partial charge on any atom is 0.238 e. The van der Waals surface area contributed by atoms with E-state index in [-0.39, 0.29) is 23.5 Å². The average molecular weight is 510 g/mol.